The fourth-order valence-corrected chi connectivity index (χ4v) is 1.88. The van der Waals surface area contributed by atoms with Crippen molar-refractivity contribution in [2.75, 3.05) is 7.05 Å². The molecule has 0 aromatic heterocycles. The van der Waals surface area contributed by atoms with Gasteiger partial charge in [-0.2, -0.15) is 0 Å². The SMILES string of the molecule is CNC(=O)[C@@H](NC(=O)OC(C)(C)C)[C@H](C)OCc1ccccc1. The van der Waals surface area contributed by atoms with Gasteiger partial charge in [0.25, 0.3) is 0 Å². The largest absolute Gasteiger partial charge is 0.444 e. The number of carbonyl (C=O) groups is 2. The summed E-state index contributed by atoms with van der Waals surface area (Å²) in [6.45, 7) is 7.37. The fraction of sp³-hybridized carbons (Fsp3) is 0.529. The third-order valence-electron chi connectivity index (χ3n) is 3.03. The van der Waals surface area contributed by atoms with Gasteiger partial charge in [0, 0.05) is 7.05 Å². The Bertz CT molecular complexity index is 511. The van der Waals surface area contributed by atoms with Crippen LogP contribution >= 0.6 is 0 Å². The van der Waals surface area contributed by atoms with Gasteiger partial charge in [-0.1, -0.05) is 30.3 Å². The Morgan fingerprint density at radius 2 is 1.78 bits per heavy atom. The summed E-state index contributed by atoms with van der Waals surface area (Å²) >= 11 is 0. The van der Waals surface area contributed by atoms with Gasteiger partial charge in [0.2, 0.25) is 5.91 Å². The van der Waals surface area contributed by atoms with E-state index < -0.39 is 23.8 Å². The molecule has 1 aromatic rings. The van der Waals surface area contributed by atoms with Crippen LogP contribution in [0.5, 0.6) is 0 Å². The molecule has 2 atom stereocenters. The molecule has 2 N–H and O–H groups in total. The summed E-state index contributed by atoms with van der Waals surface area (Å²) in [5.41, 5.74) is 0.359. The van der Waals surface area contributed by atoms with Gasteiger partial charge in [-0.25, -0.2) is 4.79 Å². The molecule has 6 heteroatoms. The van der Waals surface area contributed by atoms with E-state index in [4.69, 9.17) is 9.47 Å². The Hall–Kier alpha value is -2.08. The average Bonchev–Trinajstić information content (AvgIpc) is 2.49. The molecule has 0 bridgehead atoms. The van der Waals surface area contributed by atoms with Crippen molar-refractivity contribution in [2.24, 2.45) is 0 Å². The molecule has 0 saturated carbocycles. The maximum Gasteiger partial charge on any atom is 0.408 e. The highest BCUT2D eigenvalue weighted by molar-refractivity contribution is 5.86. The van der Waals surface area contributed by atoms with E-state index in [-0.39, 0.29) is 5.91 Å². The summed E-state index contributed by atoms with van der Waals surface area (Å²) in [6, 6.07) is 8.78. The smallest absolute Gasteiger partial charge is 0.408 e. The van der Waals surface area contributed by atoms with Gasteiger partial charge in [0.05, 0.1) is 12.7 Å². The van der Waals surface area contributed by atoms with E-state index in [1.54, 1.807) is 27.7 Å². The maximum absolute atomic E-state index is 12.0. The second-order valence-corrected chi connectivity index (χ2v) is 6.24. The van der Waals surface area contributed by atoms with Crippen molar-refractivity contribution in [1.82, 2.24) is 10.6 Å². The van der Waals surface area contributed by atoms with Crippen molar-refractivity contribution in [3.8, 4) is 0 Å². The van der Waals surface area contributed by atoms with Gasteiger partial charge < -0.3 is 20.1 Å². The predicted molar refractivity (Wildman–Crippen MR) is 87.9 cm³/mol. The van der Waals surface area contributed by atoms with Gasteiger partial charge in [-0.3, -0.25) is 4.79 Å². The van der Waals surface area contributed by atoms with Gasteiger partial charge in [0.1, 0.15) is 11.6 Å². The molecule has 0 fully saturated rings. The quantitative estimate of drug-likeness (QED) is 0.842. The summed E-state index contributed by atoms with van der Waals surface area (Å²) in [5.74, 6) is -0.337. The summed E-state index contributed by atoms with van der Waals surface area (Å²) in [7, 11) is 1.51. The van der Waals surface area contributed by atoms with Crippen LogP contribution in [0.3, 0.4) is 0 Å². The van der Waals surface area contributed by atoms with Crippen LogP contribution in [0.25, 0.3) is 0 Å². The van der Waals surface area contributed by atoms with Crippen LogP contribution in [0.2, 0.25) is 0 Å². The monoisotopic (exact) mass is 322 g/mol. The number of rotatable bonds is 6. The molecule has 128 valence electrons. The molecule has 0 heterocycles. The molecule has 0 saturated heterocycles. The zero-order chi connectivity index (χ0) is 17.5. The normalized spacial score (nSPS) is 13.8. The first-order chi connectivity index (χ1) is 10.7. The first-order valence-electron chi connectivity index (χ1n) is 7.59. The van der Waals surface area contributed by atoms with Crippen molar-refractivity contribution in [1.29, 1.82) is 0 Å². The lowest BCUT2D eigenvalue weighted by Crippen LogP contribution is -2.53. The minimum Gasteiger partial charge on any atom is -0.444 e. The zero-order valence-corrected chi connectivity index (χ0v) is 14.4. The molecule has 2 amide bonds. The average molecular weight is 322 g/mol. The van der Waals surface area contributed by atoms with Crippen LogP contribution in [-0.2, 0) is 20.9 Å². The molecule has 6 nitrogen and oxygen atoms in total. The number of nitrogens with one attached hydrogen (secondary N) is 2. The molecule has 0 aliphatic rings. The standard InChI is InChI=1S/C17H26N2O4/c1-12(22-11-13-9-7-6-8-10-13)14(15(20)18-5)19-16(21)23-17(2,3)4/h6-10,12,14H,11H2,1-5H3,(H,18,20)(H,19,21)/t12-,14-/m0/s1. The number of hydrogen-bond donors (Lipinski definition) is 2. The lowest BCUT2D eigenvalue weighted by Gasteiger charge is -2.26. The van der Waals surface area contributed by atoms with Crippen LogP contribution in [0.4, 0.5) is 4.79 Å². The van der Waals surface area contributed by atoms with E-state index in [0.29, 0.717) is 6.61 Å². The fourth-order valence-electron chi connectivity index (χ4n) is 1.88. The van der Waals surface area contributed by atoms with Gasteiger partial charge in [-0.15, -0.1) is 0 Å². The lowest BCUT2D eigenvalue weighted by atomic mass is 10.1. The Kier molecular flexibility index (Phi) is 7.03. The topological polar surface area (TPSA) is 76.7 Å². The van der Waals surface area contributed by atoms with E-state index in [1.165, 1.54) is 7.05 Å². The Morgan fingerprint density at radius 1 is 1.17 bits per heavy atom. The van der Waals surface area contributed by atoms with E-state index in [1.807, 2.05) is 30.3 Å². The molecule has 0 unspecified atom stereocenters. The predicted octanol–water partition coefficient (Wildman–Crippen LogP) is 2.23. The van der Waals surface area contributed by atoms with Crippen molar-refractivity contribution in [3.05, 3.63) is 35.9 Å². The van der Waals surface area contributed by atoms with E-state index in [2.05, 4.69) is 10.6 Å². The second-order valence-electron chi connectivity index (χ2n) is 6.24. The minimum atomic E-state index is -0.835. The van der Waals surface area contributed by atoms with Gasteiger partial charge >= 0.3 is 6.09 Å². The van der Waals surface area contributed by atoms with Crippen molar-refractivity contribution in [3.63, 3.8) is 0 Å². The van der Waals surface area contributed by atoms with Crippen LogP contribution in [0.15, 0.2) is 30.3 Å². The van der Waals surface area contributed by atoms with E-state index in [9.17, 15) is 9.59 Å². The number of carbonyl (C=O) groups excluding carboxylic acids is 2. The second kappa shape index (κ2) is 8.53. The summed E-state index contributed by atoms with van der Waals surface area (Å²) in [5, 5.41) is 5.09. The number of likely N-dealkylation sites (N-methyl/N-ethyl adjacent to an activating group) is 1. The number of ether oxygens (including phenoxy) is 2. The first-order valence-corrected chi connectivity index (χ1v) is 7.59. The summed E-state index contributed by atoms with van der Waals surface area (Å²) < 4.78 is 10.9. The highest BCUT2D eigenvalue weighted by Gasteiger charge is 2.29. The van der Waals surface area contributed by atoms with Crippen LogP contribution in [-0.4, -0.2) is 36.8 Å². The Morgan fingerprint density at radius 3 is 2.30 bits per heavy atom. The molecule has 0 aliphatic carbocycles. The molecular weight excluding hydrogens is 296 g/mol. The molecule has 1 aromatic carbocycles. The Labute approximate surface area is 137 Å². The maximum atomic E-state index is 12.0. The third kappa shape index (κ3) is 7.15. The van der Waals surface area contributed by atoms with Crippen LogP contribution in [0.1, 0.15) is 33.3 Å². The lowest BCUT2D eigenvalue weighted by molar-refractivity contribution is -0.126. The van der Waals surface area contributed by atoms with Gasteiger partial charge in [0.15, 0.2) is 0 Å². The molecule has 1 rings (SSSR count). The van der Waals surface area contributed by atoms with Gasteiger partial charge in [-0.05, 0) is 33.3 Å². The number of hydrogen-bond acceptors (Lipinski definition) is 4. The van der Waals surface area contributed by atoms with Crippen molar-refractivity contribution >= 4 is 12.0 Å². The van der Waals surface area contributed by atoms with Crippen LogP contribution < -0.4 is 10.6 Å². The van der Waals surface area contributed by atoms with E-state index in [0.717, 1.165) is 5.56 Å². The third-order valence-corrected chi connectivity index (χ3v) is 3.03. The Balaban J connectivity index is 2.65. The molecule has 23 heavy (non-hydrogen) atoms. The number of alkyl carbamates (subject to hydrolysis) is 1. The summed E-state index contributed by atoms with van der Waals surface area (Å²) in [4.78, 5) is 23.9. The van der Waals surface area contributed by atoms with Crippen LogP contribution in [0, 0.1) is 0 Å². The van der Waals surface area contributed by atoms with Crippen molar-refractivity contribution in [2.45, 2.75) is 52.0 Å². The highest BCUT2D eigenvalue weighted by atomic mass is 16.6. The first kappa shape index (κ1) is 19.0. The molecule has 0 aliphatic heterocycles. The number of benzene rings is 1. The minimum absolute atomic E-state index is 0.337. The zero-order valence-electron chi connectivity index (χ0n) is 14.4. The number of amides is 2. The van der Waals surface area contributed by atoms with E-state index >= 15 is 0 Å². The molecular formula is C17H26N2O4. The molecule has 0 radical (unpaired) electrons. The molecule has 0 spiro atoms. The summed E-state index contributed by atoms with van der Waals surface area (Å²) in [6.07, 6.45) is -1.16. The highest BCUT2D eigenvalue weighted by Crippen LogP contribution is 2.10. The van der Waals surface area contributed by atoms with Crippen molar-refractivity contribution < 1.29 is 19.1 Å².